The summed E-state index contributed by atoms with van der Waals surface area (Å²) < 4.78 is 31.6. The predicted octanol–water partition coefficient (Wildman–Crippen LogP) is 4.79. The molecule has 0 spiro atoms. The fourth-order valence-electron chi connectivity index (χ4n) is 1.99. The minimum Gasteiger partial charge on any atom is -0.411 e. The third kappa shape index (κ3) is 4.39. The Kier molecular flexibility index (Phi) is 5.53. The van der Waals surface area contributed by atoms with Crippen molar-refractivity contribution < 1.29 is 18.0 Å². The summed E-state index contributed by atoms with van der Waals surface area (Å²) in [5.41, 5.74) is 0.954. The molecule has 3 rings (SSSR count). The Bertz CT molecular complexity index is 934. The second-order valence-corrected chi connectivity index (χ2v) is 6.96. The average molecular weight is 396 g/mol. The molecule has 134 valence electrons. The first-order valence-corrected chi connectivity index (χ1v) is 8.70. The minimum atomic E-state index is -0.564. The highest BCUT2D eigenvalue weighted by Gasteiger charge is 2.19. The number of hydrogen-bond acceptors (Lipinski definition) is 5. The maximum atomic E-state index is 13.1. The van der Waals surface area contributed by atoms with Crippen LogP contribution in [0.2, 0.25) is 5.02 Å². The van der Waals surface area contributed by atoms with Crippen LogP contribution in [-0.4, -0.2) is 21.4 Å². The van der Waals surface area contributed by atoms with E-state index in [1.807, 2.05) is 0 Å². The van der Waals surface area contributed by atoms with E-state index in [1.165, 1.54) is 42.5 Å². The first-order chi connectivity index (χ1) is 12.4. The van der Waals surface area contributed by atoms with Crippen molar-refractivity contribution in [3.8, 4) is 11.5 Å². The summed E-state index contributed by atoms with van der Waals surface area (Å²) in [6, 6.07) is 9.52. The van der Waals surface area contributed by atoms with E-state index in [2.05, 4.69) is 15.5 Å². The van der Waals surface area contributed by atoms with Crippen LogP contribution in [0.25, 0.3) is 11.5 Å². The van der Waals surface area contributed by atoms with Crippen LogP contribution in [0.3, 0.4) is 0 Å². The third-order valence-corrected chi connectivity index (χ3v) is 4.56. The highest BCUT2D eigenvalue weighted by atomic mass is 35.5. The number of anilines is 1. The average Bonchev–Trinajstić information content (AvgIpc) is 3.07. The van der Waals surface area contributed by atoms with Gasteiger partial charge in [0.2, 0.25) is 11.8 Å². The molecule has 0 unspecified atom stereocenters. The lowest BCUT2D eigenvalue weighted by Crippen LogP contribution is -2.22. The van der Waals surface area contributed by atoms with Gasteiger partial charge in [-0.1, -0.05) is 23.4 Å². The maximum absolute atomic E-state index is 13.1. The van der Waals surface area contributed by atoms with Crippen LogP contribution < -0.4 is 5.32 Å². The lowest BCUT2D eigenvalue weighted by molar-refractivity contribution is -0.115. The number of carbonyl (C=O) groups is 1. The molecule has 0 aliphatic rings. The maximum Gasteiger partial charge on any atom is 0.277 e. The van der Waals surface area contributed by atoms with Gasteiger partial charge in [-0.2, -0.15) is 0 Å². The Labute approximate surface area is 156 Å². The quantitative estimate of drug-likeness (QED) is 0.629. The van der Waals surface area contributed by atoms with Crippen molar-refractivity contribution in [2.75, 3.05) is 5.32 Å². The second-order valence-electron chi connectivity index (χ2n) is 5.26. The van der Waals surface area contributed by atoms with Gasteiger partial charge in [0.05, 0.1) is 10.3 Å². The number of aromatic nitrogens is 2. The van der Waals surface area contributed by atoms with Gasteiger partial charge >= 0.3 is 0 Å². The van der Waals surface area contributed by atoms with Gasteiger partial charge in [0, 0.05) is 11.3 Å². The third-order valence-electron chi connectivity index (χ3n) is 3.33. The molecule has 0 bridgehead atoms. The molecule has 1 N–H and O–H groups in total. The van der Waals surface area contributed by atoms with Crippen LogP contribution in [0.5, 0.6) is 0 Å². The molecule has 9 heteroatoms. The van der Waals surface area contributed by atoms with E-state index in [0.29, 0.717) is 11.3 Å². The summed E-state index contributed by atoms with van der Waals surface area (Å²) in [6.45, 7) is 1.66. The number of rotatable bonds is 5. The number of nitrogens with one attached hydrogen (secondary N) is 1. The lowest BCUT2D eigenvalue weighted by Gasteiger charge is -2.10. The van der Waals surface area contributed by atoms with E-state index >= 15 is 0 Å². The molecule has 0 saturated carbocycles. The molecular formula is C17H12ClF2N3O2S. The lowest BCUT2D eigenvalue weighted by atomic mass is 10.2. The Hall–Kier alpha value is -2.45. The minimum absolute atomic E-state index is 0.0797. The van der Waals surface area contributed by atoms with Gasteiger partial charge in [0.15, 0.2) is 0 Å². The Balaban J connectivity index is 1.64. The predicted molar refractivity (Wildman–Crippen MR) is 95.1 cm³/mol. The summed E-state index contributed by atoms with van der Waals surface area (Å²) in [6.07, 6.45) is 0. The molecule has 3 aromatic rings. The number of halogens is 3. The van der Waals surface area contributed by atoms with E-state index < -0.39 is 11.1 Å². The summed E-state index contributed by atoms with van der Waals surface area (Å²) in [5, 5.41) is 9.95. The van der Waals surface area contributed by atoms with E-state index in [4.69, 9.17) is 16.0 Å². The largest absolute Gasteiger partial charge is 0.411 e. The molecule has 26 heavy (non-hydrogen) atoms. The Morgan fingerprint density at radius 2 is 1.92 bits per heavy atom. The molecule has 2 aromatic carbocycles. The van der Waals surface area contributed by atoms with Crippen LogP contribution in [0.4, 0.5) is 14.5 Å². The second kappa shape index (κ2) is 7.84. The fourth-order valence-corrected chi connectivity index (χ4v) is 2.85. The molecule has 0 saturated heterocycles. The van der Waals surface area contributed by atoms with Gasteiger partial charge in [0.1, 0.15) is 11.6 Å². The first kappa shape index (κ1) is 18.3. The van der Waals surface area contributed by atoms with Crippen LogP contribution in [-0.2, 0) is 4.79 Å². The zero-order chi connectivity index (χ0) is 18.7. The van der Waals surface area contributed by atoms with Gasteiger partial charge in [-0.05, 0) is 49.4 Å². The standard InChI is InChI=1S/C17H12ClF2N3O2S/c1-9(15(24)21-12-6-7-14(20)13(18)8-12)26-17-23-22-16(25-17)10-2-4-11(19)5-3-10/h2-9H,1H3,(H,21,24)/t9-/m0/s1. The van der Waals surface area contributed by atoms with Crippen molar-refractivity contribution >= 4 is 35.0 Å². The zero-order valence-electron chi connectivity index (χ0n) is 13.4. The number of amides is 1. The normalized spacial score (nSPS) is 12.0. The Morgan fingerprint density at radius 3 is 2.62 bits per heavy atom. The molecule has 0 fully saturated rings. The number of nitrogens with zero attached hydrogens (tertiary/aromatic N) is 2. The van der Waals surface area contributed by atoms with E-state index in [9.17, 15) is 13.6 Å². The topological polar surface area (TPSA) is 68.0 Å². The molecule has 5 nitrogen and oxygen atoms in total. The number of hydrogen-bond donors (Lipinski definition) is 1. The summed E-state index contributed by atoms with van der Waals surface area (Å²) >= 11 is 6.75. The van der Waals surface area contributed by atoms with Gasteiger partial charge in [-0.25, -0.2) is 8.78 Å². The molecule has 0 aliphatic carbocycles. The number of thioether (sulfide) groups is 1. The van der Waals surface area contributed by atoms with Crippen molar-refractivity contribution in [1.29, 1.82) is 0 Å². The monoisotopic (exact) mass is 395 g/mol. The Morgan fingerprint density at radius 1 is 1.19 bits per heavy atom. The number of carbonyl (C=O) groups excluding carboxylic acids is 1. The van der Waals surface area contributed by atoms with Crippen LogP contribution in [0.1, 0.15) is 6.92 Å². The SMILES string of the molecule is C[C@H](Sc1nnc(-c2ccc(F)cc2)o1)C(=O)Nc1ccc(F)c(Cl)c1. The van der Waals surface area contributed by atoms with Gasteiger partial charge in [-0.3, -0.25) is 4.79 Å². The van der Waals surface area contributed by atoms with Crippen molar-refractivity contribution in [2.24, 2.45) is 0 Å². The van der Waals surface area contributed by atoms with E-state index in [-0.39, 0.29) is 27.9 Å². The van der Waals surface area contributed by atoms with Crippen LogP contribution >= 0.6 is 23.4 Å². The van der Waals surface area contributed by atoms with Gasteiger partial charge in [-0.15, -0.1) is 10.2 Å². The smallest absolute Gasteiger partial charge is 0.277 e. The van der Waals surface area contributed by atoms with Crippen LogP contribution in [0, 0.1) is 11.6 Å². The highest BCUT2D eigenvalue weighted by Crippen LogP contribution is 2.27. The number of benzene rings is 2. The van der Waals surface area contributed by atoms with Crippen molar-refractivity contribution in [3.63, 3.8) is 0 Å². The molecule has 1 amide bonds. The summed E-state index contributed by atoms with van der Waals surface area (Å²) in [7, 11) is 0. The fraction of sp³-hybridized carbons (Fsp3) is 0.118. The van der Waals surface area contributed by atoms with E-state index in [1.54, 1.807) is 6.92 Å². The molecular weight excluding hydrogens is 384 g/mol. The molecule has 0 aliphatic heterocycles. The highest BCUT2D eigenvalue weighted by molar-refractivity contribution is 8.00. The van der Waals surface area contributed by atoms with Gasteiger partial charge < -0.3 is 9.73 Å². The van der Waals surface area contributed by atoms with E-state index in [0.717, 1.165) is 11.8 Å². The molecule has 0 radical (unpaired) electrons. The van der Waals surface area contributed by atoms with Crippen molar-refractivity contribution in [3.05, 3.63) is 59.1 Å². The van der Waals surface area contributed by atoms with Crippen LogP contribution in [0.15, 0.2) is 52.1 Å². The van der Waals surface area contributed by atoms with Crippen molar-refractivity contribution in [2.45, 2.75) is 17.4 Å². The van der Waals surface area contributed by atoms with Crippen molar-refractivity contribution in [1.82, 2.24) is 10.2 Å². The molecule has 1 heterocycles. The molecule has 1 aromatic heterocycles. The summed E-state index contributed by atoms with van der Waals surface area (Å²) in [5.74, 6) is -1.04. The summed E-state index contributed by atoms with van der Waals surface area (Å²) in [4.78, 5) is 12.2. The molecule has 1 atom stereocenters. The first-order valence-electron chi connectivity index (χ1n) is 7.44. The zero-order valence-corrected chi connectivity index (χ0v) is 14.9. The van der Waals surface area contributed by atoms with Gasteiger partial charge in [0.25, 0.3) is 5.22 Å².